The first-order valence-electron chi connectivity index (χ1n) is 5.69. The zero-order valence-corrected chi connectivity index (χ0v) is 10.1. The van der Waals surface area contributed by atoms with Gasteiger partial charge in [-0.05, 0) is 13.8 Å². The molecule has 1 heterocycles. The van der Waals surface area contributed by atoms with Crippen LogP contribution in [0.4, 0.5) is 0 Å². The highest BCUT2D eigenvalue weighted by atomic mass is 16.5. The highest BCUT2D eigenvalue weighted by Crippen LogP contribution is 2.04. The lowest BCUT2D eigenvalue weighted by Gasteiger charge is -2.26. The first kappa shape index (κ1) is 13.0. The van der Waals surface area contributed by atoms with Gasteiger partial charge in [-0.15, -0.1) is 0 Å². The van der Waals surface area contributed by atoms with Crippen molar-refractivity contribution in [2.45, 2.75) is 26.9 Å². The fourth-order valence-electron chi connectivity index (χ4n) is 1.30. The number of ether oxygens (including phenoxy) is 1. The van der Waals surface area contributed by atoms with Gasteiger partial charge in [0.15, 0.2) is 0 Å². The van der Waals surface area contributed by atoms with E-state index in [4.69, 9.17) is 4.74 Å². The molecule has 1 aliphatic heterocycles. The zero-order chi connectivity index (χ0) is 12.1. The van der Waals surface area contributed by atoms with Gasteiger partial charge in [-0.25, -0.2) is 0 Å². The Labute approximate surface area is 95.9 Å². The molecule has 1 unspecified atom stereocenters. The Morgan fingerprint density at radius 2 is 2.00 bits per heavy atom. The van der Waals surface area contributed by atoms with Crippen molar-refractivity contribution in [2.24, 2.45) is 11.8 Å². The maximum Gasteiger partial charge on any atom is 0.310 e. The largest absolute Gasteiger partial charge is 0.463 e. The molecular weight excluding hydrogens is 208 g/mol. The Morgan fingerprint density at radius 1 is 1.38 bits per heavy atom. The van der Waals surface area contributed by atoms with E-state index in [-0.39, 0.29) is 29.8 Å². The van der Waals surface area contributed by atoms with E-state index in [1.165, 1.54) is 0 Å². The average molecular weight is 228 g/mol. The van der Waals surface area contributed by atoms with E-state index < -0.39 is 0 Å². The Bertz CT molecular complexity index is 262. The molecule has 1 atom stereocenters. The van der Waals surface area contributed by atoms with Gasteiger partial charge in [0.05, 0.1) is 17.9 Å². The van der Waals surface area contributed by atoms with Crippen LogP contribution in [0.2, 0.25) is 0 Å². The number of amides is 1. The van der Waals surface area contributed by atoms with Gasteiger partial charge in [-0.3, -0.25) is 9.59 Å². The summed E-state index contributed by atoms with van der Waals surface area (Å²) in [7, 11) is 0. The summed E-state index contributed by atoms with van der Waals surface area (Å²) in [6.07, 6.45) is -0.110. The highest BCUT2D eigenvalue weighted by Gasteiger charge is 2.25. The number of carbonyl (C=O) groups excluding carboxylic acids is 2. The summed E-state index contributed by atoms with van der Waals surface area (Å²) in [5.41, 5.74) is 0. The van der Waals surface area contributed by atoms with Gasteiger partial charge in [0, 0.05) is 19.6 Å². The normalized spacial score (nSPS) is 17.8. The molecule has 0 aromatic rings. The van der Waals surface area contributed by atoms with Crippen molar-refractivity contribution in [3.05, 3.63) is 0 Å². The van der Waals surface area contributed by atoms with Crippen LogP contribution in [0.1, 0.15) is 20.8 Å². The van der Waals surface area contributed by atoms with Crippen molar-refractivity contribution in [3.63, 3.8) is 0 Å². The van der Waals surface area contributed by atoms with E-state index in [1.807, 2.05) is 13.8 Å². The maximum absolute atomic E-state index is 11.5. The molecule has 92 valence electrons. The third-order valence-electron chi connectivity index (χ3n) is 2.49. The maximum atomic E-state index is 11.5. The number of nitrogens with one attached hydrogen (secondary N) is 2. The molecule has 0 aromatic carbocycles. The van der Waals surface area contributed by atoms with Gasteiger partial charge in [-0.2, -0.15) is 0 Å². The summed E-state index contributed by atoms with van der Waals surface area (Å²) in [5, 5.41) is 5.78. The summed E-state index contributed by atoms with van der Waals surface area (Å²) < 4.78 is 5.04. The second-order valence-electron chi connectivity index (χ2n) is 4.49. The SMILES string of the molecule is CC(C)OC(=O)C(C)CNC(=O)C1CNC1. The molecule has 2 N–H and O–H groups in total. The molecule has 0 radical (unpaired) electrons. The molecular formula is C11H20N2O3. The van der Waals surface area contributed by atoms with E-state index >= 15 is 0 Å². The summed E-state index contributed by atoms with van der Waals surface area (Å²) in [5.74, 6) is -0.474. The molecule has 5 heteroatoms. The van der Waals surface area contributed by atoms with E-state index in [0.29, 0.717) is 6.54 Å². The zero-order valence-electron chi connectivity index (χ0n) is 10.1. The van der Waals surface area contributed by atoms with Gasteiger partial charge in [-0.1, -0.05) is 6.92 Å². The molecule has 1 fully saturated rings. The van der Waals surface area contributed by atoms with Crippen molar-refractivity contribution >= 4 is 11.9 Å². The lowest BCUT2D eigenvalue weighted by atomic mass is 10.0. The number of rotatable bonds is 5. The summed E-state index contributed by atoms with van der Waals surface area (Å²) in [4.78, 5) is 22.9. The van der Waals surface area contributed by atoms with Crippen LogP contribution in [0.3, 0.4) is 0 Å². The van der Waals surface area contributed by atoms with E-state index in [9.17, 15) is 9.59 Å². The molecule has 5 nitrogen and oxygen atoms in total. The predicted molar refractivity (Wildman–Crippen MR) is 59.8 cm³/mol. The standard InChI is InChI=1S/C11H20N2O3/c1-7(2)16-11(15)8(3)4-13-10(14)9-5-12-6-9/h7-9,12H,4-6H2,1-3H3,(H,13,14). The Kier molecular flexibility index (Phi) is 4.73. The van der Waals surface area contributed by atoms with Gasteiger partial charge >= 0.3 is 5.97 Å². The average Bonchev–Trinajstić information content (AvgIpc) is 2.10. The van der Waals surface area contributed by atoms with Gasteiger partial charge in [0.2, 0.25) is 5.91 Å². The molecule has 1 aliphatic rings. The third-order valence-corrected chi connectivity index (χ3v) is 2.49. The fourth-order valence-corrected chi connectivity index (χ4v) is 1.30. The minimum Gasteiger partial charge on any atom is -0.463 e. The van der Waals surface area contributed by atoms with E-state index in [1.54, 1.807) is 6.92 Å². The molecule has 0 aromatic heterocycles. The van der Waals surface area contributed by atoms with Crippen LogP contribution in [0.5, 0.6) is 0 Å². The van der Waals surface area contributed by atoms with Crippen molar-refractivity contribution in [1.29, 1.82) is 0 Å². The minimum absolute atomic E-state index is 0.0166. The monoisotopic (exact) mass is 228 g/mol. The van der Waals surface area contributed by atoms with Gasteiger partial charge in [0.25, 0.3) is 0 Å². The van der Waals surface area contributed by atoms with Crippen LogP contribution in [0, 0.1) is 11.8 Å². The summed E-state index contributed by atoms with van der Waals surface area (Å²) in [6, 6.07) is 0. The number of hydrogen-bond acceptors (Lipinski definition) is 4. The smallest absolute Gasteiger partial charge is 0.310 e. The van der Waals surface area contributed by atoms with Crippen LogP contribution in [-0.2, 0) is 14.3 Å². The second-order valence-corrected chi connectivity index (χ2v) is 4.49. The lowest BCUT2D eigenvalue weighted by Crippen LogP contribution is -2.51. The quantitative estimate of drug-likeness (QED) is 0.645. The Morgan fingerprint density at radius 3 is 2.44 bits per heavy atom. The van der Waals surface area contributed by atoms with Crippen molar-refractivity contribution in [2.75, 3.05) is 19.6 Å². The molecule has 1 saturated heterocycles. The fraction of sp³-hybridized carbons (Fsp3) is 0.818. The van der Waals surface area contributed by atoms with Crippen molar-refractivity contribution in [3.8, 4) is 0 Å². The van der Waals surface area contributed by atoms with Crippen molar-refractivity contribution < 1.29 is 14.3 Å². The summed E-state index contributed by atoms with van der Waals surface area (Å²) >= 11 is 0. The first-order chi connectivity index (χ1) is 7.50. The lowest BCUT2D eigenvalue weighted by molar-refractivity contribution is -0.151. The minimum atomic E-state index is -0.292. The number of esters is 1. The molecule has 0 aliphatic carbocycles. The first-order valence-corrected chi connectivity index (χ1v) is 5.69. The molecule has 0 spiro atoms. The van der Waals surface area contributed by atoms with Gasteiger partial charge < -0.3 is 15.4 Å². The Hall–Kier alpha value is -1.10. The van der Waals surface area contributed by atoms with Crippen LogP contribution in [0.15, 0.2) is 0 Å². The molecule has 1 rings (SSSR count). The molecule has 1 amide bonds. The van der Waals surface area contributed by atoms with E-state index in [0.717, 1.165) is 13.1 Å². The second kappa shape index (κ2) is 5.84. The van der Waals surface area contributed by atoms with Crippen LogP contribution >= 0.6 is 0 Å². The van der Waals surface area contributed by atoms with Crippen LogP contribution in [-0.4, -0.2) is 37.6 Å². The predicted octanol–water partition coefficient (Wildman–Crippen LogP) is -0.0903. The van der Waals surface area contributed by atoms with E-state index in [2.05, 4.69) is 10.6 Å². The molecule has 0 bridgehead atoms. The Balaban J connectivity index is 2.20. The summed E-state index contributed by atoms with van der Waals surface area (Å²) in [6.45, 7) is 7.19. The highest BCUT2D eigenvalue weighted by molar-refractivity contribution is 5.81. The number of hydrogen-bond donors (Lipinski definition) is 2. The van der Waals surface area contributed by atoms with Crippen LogP contribution in [0.25, 0.3) is 0 Å². The third kappa shape index (κ3) is 3.81. The van der Waals surface area contributed by atoms with Crippen molar-refractivity contribution in [1.82, 2.24) is 10.6 Å². The molecule has 16 heavy (non-hydrogen) atoms. The molecule has 0 saturated carbocycles. The number of carbonyl (C=O) groups is 2. The van der Waals surface area contributed by atoms with Gasteiger partial charge in [0.1, 0.15) is 0 Å². The topological polar surface area (TPSA) is 67.4 Å². The van der Waals surface area contributed by atoms with Crippen LogP contribution < -0.4 is 10.6 Å².